The molecule has 3 N–H and O–H groups in total. The van der Waals surface area contributed by atoms with Gasteiger partial charge in [0.05, 0.1) is 9.79 Å². The number of nitrogens with zero attached hydrogens (tertiary/aromatic N) is 1. The summed E-state index contributed by atoms with van der Waals surface area (Å²) < 4.78 is 49.1. The molecule has 1 heterocycles. The Bertz CT molecular complexity index is 1110. The number of sulfonamides is 2. The summed E-state index contributed by atoms with van der Waals surface area (Å²) in [6.45, 7) is 1.60. The molecule has 0 aliphatic carbocycles. The van der Waals surface area contributed by atoms with E-state index in [1.807, 2.05) is 0 Å². The van der Waals surface area contributed by atoms with Crippen LogP contribution in [-0.2, 0) is 37.7 Å². The Labute approximate surface area is 183 Å². The fraction of sp³-hybridized carbons (Fsp3) is 0.381. The van der Waals surface area contributed by atoms with Gasteiger partial charge in [-0.1, -0.05) is 24.3 Å². The van der Waals surface area contributed by atoms with Gasteiger partial charge < -0.3 is 5.32 Å². The number of carbonyl (C=O) groups excluding carboxylic acids is 1. The fourth-order valence-corrected chi connectivity index (χ4v) is 5.48. The lowest BCUT2D eigenvalue weighted by atomic mass is 10.1. The van der Waals surface area contributed by atoms with Crippen molar-refractivity contribution in [2.45, 2.75) is 41.9 Å². The standard InChI is InChI=1S/C21H27N3O5S2/c22-30(26,27)19-8-3-17(4-9-19)7-12-21(25)23-14-13-18-5-10-20(11-6-18)31(28,29)24-15-1-2-16-24/h3-6,8-11H,1-2,7,12-16H2,(H,23,25)(H2,22,26,27). The van der Waals surface area contributed by atoms with E-state index >= 15 is 0 Å². The van der Waals surface area contributed by atoms with Crippen LogP contribution in [-0.4, -0.2) is 46.7 Å². The quantitative estimate of drug-likeness (QED) is 0.579. The Hall–Kier alpha value is -2.27. The van der Waals surface area contributed by atoms with Crippen LogP contribution in [0.2, 0.25) is 0 Å². The molecule has 1 saturated heterocycles. The molecule has 2 aromatic rings. The second kappa shape index (κ2) is 9.90. The molecular weight excluding hydrogens is 438 g/mol. The van der Waals surface area contributed by atoms with Crippen molar-refractivity contribution in [3.8, 4) is 0 Å². The van der Waals surface area contributed by atoms with Crippen LogP contribution in [0.25, 0.3) is 0 Å². The summed E-state index contributed by atoms with van der Waals surface area (Å²) in [7, 11) is -7.13. The summed E-state index contributed by atoms with van der Waals surface area (Å²) in [4.78, 5) is 12.4. The molecule has 0 spiro atoms. The van der Waals surface area contributed by atoms with E-state index < -0.39 is 20.0 Å². The highest BCUT2D eigenvalue weighted by Gasteiger charge is 2.26. The van der Waals surface area contributed by atoms with Crippen LogP contribution < -0.4 is 10.5 Å². The van der Waals surface area contributed by atoms with Crippen LogP contribution >= 0.6 is 0 Å². The molecule has 1 aliphatic heterocycles. The van der Waals surface area contributed by atoms with Crippen LogP contribution in [0.5, 0.6) is 0 Å². The van der Waals surface area contributed by atoms with E-state index in [9.17, 15) is 21.6 Å². The van der Waals surface area contributed by atoms with E-state index in [1.54, 1.807) is 36.4 Å². The van der Waals surface area contributed by atoms with Crippen LogP contribution in [0.1, 0.15) is 30.4 Å². The van der Waals surface area contributed by atoms with Crippen molar-refractivity contribution in [2.24, 2.45) is 5.14 Å². The number of amides is 1. The van der Waals surface area contributed by atoms with Gasteiger partial charge in [-0.15, -0.1) is 0 Å². The van der Waals surface area contributed by atoms with Crippen molar-refractivity contribution in [1.29, 1.82) is 0 Å². The summed E-state index contributed by atoms with van der Waals surface area (Å²) in [5, 5.41) is 7.91. The van der Waals surface area contributed by atoms with Crippen LogP contribution in [0.15, 0.2) is 58.3 Å². The zero-order valence-corrected chi connectivity index (χ0v) is 18.8. The Morgan fingerprint density at radius 2 is 1.35 bits per heavy atom. The summed E-state index contributed by atoms with van der Waals surface area (Å²) in [5.41, 5.74) is 1.79. The molecule has 2 aromatic carbocycles. The lowest BCUT2D eigenvalue weighted by Crippen LogP contribution is -2.28. The molecule has 0 radical (unpaired) electrons. The zero-order valence-electron chi connectivity index (χ0n) is 17.2. The van der Waals surface area contributed by atoms with Crippen LogP contribution in [0, 0.1) is 0 Å². The first-order valence-electron chi connectivity index (χ1n) is 10.1. The number of carbonyl (C=O) groups is 1. The minimum absolute atomic E-state index is 0.0416. The normalized spacial score (nSPS) is 15.1. The number of hydrogen-bond donors (Lipinski definition) is 2. The molecule has 1 aliphatic rings. The van der Waals surface area contributed by atoms with E-state index in [0.717, 1.165) is 24.0 Å². The summed E-state index contributed by atoms with van der Waals surface area (Å²) in [6, 6.07) is 12.9. The molecule has 31 heavy (non-hydrogen) atoms. The Morgan fingerprint density at radius 1 is 0.839 bits per heavy atom. The molecular formula is C21H27N3O5S2. The first kappa shape index (κ1) is 23.4. The predicted molar refractivity (Wildman–Crippen MR) is 117 cm³/mol. The number of primary sulfonamides is 1. The second-order valence-corrected chi connectivity index (χ2v) is 11.0. The average Bonchev–Trinajstić information content (AvgIpc) is 3.28. The molecule has 0 bridgehead atoms. The molecule has 10 heteroatoms. The van der Waals surface area contributed by atoms with Crippen LogP contribution in [0.3, 0.4) is 0 Å². The minimum Gasteiger partial charge on any atom is -0.356 e. The van der Waals surface area contributed by atoms with Gasteiger partial charge in [0.2, 0.25) is 26.0 Å². The van der Waals surface area contributed by atoms with Gasteiger partial charge in [-0.25, -0.2) is 22.0 Å². The van der Waals surface area contributed by atoms with Crippen molar-refractivity contribution < 1.29 is 21.6 Å². The maximum absolute atomic E-state index is 12.5. The molecule has 8 nitrogen and oxygen atoms in total. The number of aryl methyl sites for hydroxylation is 1. The van der Waals surface area contributed by atoms with Crippen LogP contribution in [0.4, 0.5) is 0 Å². The molecule has 0 aromatic heterocycles. The van der Waals surface area contributed by atoms with Gasteiger partial charge >= 0.3 is 0 Å². The summed E-state index contributed by atoms with van der Waals surface area (Å²) in [5.74, 6) is -0.108. The summed E-state index contributed by atoms with van der Waals surface area (Å²) in [6.07, 6.45) is 3.16. The van der Waals surface area contributed by atoms with Crippen molar-refractivity contribution in [3.05, 3.63) is 59.7 Å². The number of nitrogens with one attached hydrogen (secondary N) is 1. The SMILES string of the molecule is NS(=O)(=O)c1ccc(CCC(=O)NCCc2ccc(S(=O)(=O)N3CCCC3)cc2)cc1. The van der Waals surface area contributed by atoms with Crippen molar-refractivity contribution >= 4 is 26.0 Å². The lowest BCUT2D eigenvalue weighted by Gasteiger charge is -2.15. The van der Waals surface area contributed by atoms with E-state index in [-0.39, 0.29) is 17.2 Å². The van der Waals surface area contributed by atoms with Gasteiger partial charge in [-0.2, -0.15) is 4.31 Å². The van der Waals surface area contributed by atoms with Crippen molar-refractivity contribution in [3.63, 3.8) is 0 Å². The lowest BCUT2D eigenvalue weighted by molar-refractivity contribution is -0.121. The molecule has 3 rings (SSSR count). The third-order valence-electron chi connectivity index (χ3n) is 5.25. The minimum atomic E-state index is -3.72. The predicted octanol–water partition coefficient (Wildman–Crippen LogP) is 1.41. The molecule has 1 fully saturated rings. The zero-order chi connectivity index (χ0) is 22.5. The highest BCUT2D eigenvalue weighted by atomic mass is 32.2. The van der Waals surface area contributed by atoms with E-state index in [2.05, 4.69) is 5.32 Å². The number of hydrogen-bond acceptors (Lipinski definition) is 5. The Kier molecular flexibility index (Phi) is 7.47. The van der Waals surface area contributed by atoms with Crippen molar-refractivity contribution in [2.75, 3.05) is 19.6 Å². The first-order valence-corrected chi connectivity index (χ1v) is 13.1. The molecule has 0 unspecified atom stereocenters. The molecule has 1 amide bonds. The van der Waals surface area contributed by atoms with Gasteiger partial charge in [0.15, 0.2) is 0 Å². The van der Waals surface area contributed by atoms with E-state index in [4.69, 9.17) is 5.14 Å². The maximum atomic E-state index is 12.5. The number of rotatable bonds is 9. The fourth-order valence-electron chi connectivity index (χ4n) is 3.44. The molecule has 168 valence electrons. The third-order valence-corrected chi connectivity index (χ3v) is 8.10. The highest BCUT2D eigenvalue weighted by Crippen LogP contribution is 2.21. The third kappa shape index (κ3) is 6.36. The smallest absolute Gasteiger partial charge is 0.243 e. The van der Waals surface area contributed by atoms with E-state index in [0.29, 0.717) is 37.4 Å². The van der Waals surface area contributed by atoms with Gasteiger partial charge in [-0.3, -0.25) is 4.79 Å². The Balaban J connectivity index is 1.43. The van der Waals surface area contributed by atoms with Gasteiger partial charge in [0.1, 0.15) is 0 Å². The van der Waals surface area contributed by atoms with Crippen molar-refractivity contribution in [1.82, 2.24) is 9.62 Å². The number of nitrogens with two attached hydrogens (primary N) is 1. The second-order valence-electron chi connectivity index (χ2n) is 7.54. The van der Waals surface area contributed by atoms with Gasteiger partial charge in [0, 0.05) is 26.1 Å². The maximum Gasteiger partial charge on any atom is 0.243 e. The number of benzene rings is 2. The highest BCUT2D eigenvalue weighted by molar-refractivity contribution is 7.89. The average molecular weight is 466 g/mol. The topological polar surface area (TPSA) is 127 Å². The first-order chi connectivity index (χ1) is 14.7. The Morgan fingerprint density at radius 3 is 1.90 bits per heavy atom. The van der Waals surface area contributed by atoms with Gasteiger partial charge in [0.25, 0.3) is 0 Å². The largest absolute Gasteiger partial charge is 0.356 e. The summed E-state index contributed by atoms with van der Waals surface area (Å²) >= 11 is 0. The van der Waals surface area contributed by atoms with E-state index in [1.165, 1.54) is 16.4 Å². The monoisotopic (exact) mass is 465 g/mol. The molecule has 0 atom stereocenters. The van der Waals surface area contributed by atoms with Gasteiger partial charge in [-0.05, 0) is 61.1 Å². The molecule has 0 saturated carbocycles.